The van der Waals surface area contributed by atoms with Crippen LogP contribution in [0.15, 0.2) is 45.8 Å². The molecule has 0 heterocycles. The van der Waals surface area contributed by atoms with E-state index in [1.807, 2.05) is 18.2 Å². The van der Waals surface area contributed by atoms with Crippen molar-refractivity contribution in [2.24, 2.45) is 0 Å². The Hall–Kier alpha value is -1.20. The van der Waals surface area contributed by atoms with Gasteiger partial charge < -0.3 is 10.5 Å². The summed E-state index contributed by atoms with van der Waals surface area (Å²) in [7, 11) is 1.52. The van der Waals surface area contributed by atoms with Crippen molar-refractivity contribution in [1.82, 2.24) is 0 Å². The molecular formula is C14H13BrFNOS. The maximum Gasteiger partial charge on any atom is 0.130 e. The average molecular weight is 342 g/mol. The molecule has 0 spiro atoms. The topological polar surface area (TPSA) is 35.2 Å². The zero-order valence-corrected chi connectivity index (χ0v) is 12.7. The molecule has 0 aliphatic carbocycles. The third-order valence-electron chi connectivity index (χ3n) is 2.62. The van der Waals surface area contributed by atoms with Crippen LogP contribution in [0.25, 0.3) is 0 Å². The standard InChI is InChI=1S/C14H13BrFNOS/c1-18-11-4-2-9(12(16)7-11)8-19-14-6-10(15)3-5-13(14)17/h2-7H,8,17H2,1H3. The lowest BCUT2D eigenvalue weighted by Gasteiger charge is -2.08. The number of halogens is 2. The van der Waals surface area contributed by atoms with Crippen molar-refractivity contribution in [3.05, 3.63) is 52.3 Å². The maximum atomic E-state index is 13.8. The van der Waals surface area contributed by atoms with Gasteiger partial charge in [0, 0.05) is 26.9 Å². The molecule has 2 N–H and O–H groups in total. The summed E-state index contributed by atoms with van der Waals surface area (Å²) in [5.41, 5.74) is 7.21. The number of anilines is 1. The normalized spacial score (nSPS) is 10.5. The number of hydrogen-bond donors (Lipinski definition) is 1. The molecule has 0 radical (unpaired) electrons. The summed E-state index contributed by atoms with van der Waals surface area (Å²) in [6, 6.07) is 10.5. The third kappa shape index (κ3) is 3.64. The predicted molar refractivity (Wildman–Crippen MR) is 81.1 cm³/mol. The van der Waals surface area contributed by atoms with Gasteiger partial charge in [-0.3, -0.25) is 0 Å². The average Bonchev–Trinajstić information content (AvgIpc) is 2.40. The number of rotatable bonds is 4. The monoisotopic (exact) mass is 341 g/mol. The molecule has 0 atom stereocenters. The summed E-state index contributed by atoms with van der Waals surface area (Å²) >= 11 is 4.90. The number of nitrogens with two attached hydrogens (primary N) is 1. The van der Waals surface area contributed by atoms with Crippen molar-refractivity contribution in [3.63, 3.8) is 0 Å². The first kappa shape index (κ1) is 14.2. The Morgan fingerprint density at radius 3 is 2.74 bits per heavy atom. The van der Waals surface area contributed by atoms with Crippen LogP contribution in [0.4, 0.5) is 10.1 Å². The first-order valence-corrected chi connectivity index (χ1v) is 7.38. The number of methoxy groups -OCH3 is 1. The minimum atomic E-state index is -0.264. The summed E-state index contributed by atoms with van der Waals surface area (Å²) < 4.78 is 19.7. The second-order valence-corrected chi connectivity index (χ2v) is 5.86. The van der Waals surface area contributed by atoms with E-state index in [0.29, 0.717) is 22.8 Å². The SMILES string of the molecule is COc1ccc(CSc2cc(Br)ccc2N)c(F)c1. The van der Waals surface area contributed by atoms with Crippen LogP contribution in [0.5, 0.6) is 5.75 Å². The molecule has 2 nitrogen and oxygen atoms in total. The van der Waals surface area contributed by atoms with Gasteiger partial charge in [-0.05, 0) is 29.8 Å². The molecule has 0 fully saturated rings. The van der Waals surface area contributed by atoms with Crippen LogP contribution in [0, 0.1) is 5.82 Å². The fourth-order valence-corrected chi connectivity index (χ4v) is 3.06. The van der Waals surface area contributed by atoms with E-state index < -0.39 is 0 Å². The summed E-state index contributed by atoms with van der Waals surface area (Å²) in [6.07, 6.45) is 0. The van der Waals surface area contributed by atoms with Crippen LogP contribution in [0.2, 0.25) is 0 Å². The molecule has 2 aromatic rings. The van der Waals surface area contributed by atoms with Crippen LogP contribution in [-0.2, 0) is 5.75 Å². The fourth-order valence-electron chi connectivity index (χ4n) is 1.56. The molecule has 0 aliphatic heterocycles. The molecule has 0 unspecified atom stereocenters. The summed E-state index contributed by atoms with van der Waals surface area (Å²) in [6.45, 7) is 0. The van der Waals surface area contributed by atoms with Crippen molar-refractivity contribution in [3.8, 4) is 5.75 Å². The molecule has 0 saturated heterocycles. The van der Waals surface area contributed by atoms with E-state index in [2.05, 4.69) is 15.9 Å². The number of benzene rings is 2. The maximum absolute atomic E-state index is 13.8. The van der Waals surface area contributed by atoms with Gasteiger partial charge in [-0.25, -0.2) is 4.39 Å². The lowest BCUT2D eigenvalue weighted by molar-refractivity contribution is 0.411. The van der Waals surface area contributed by atoms with Crippen molar-refractivity contribution in [2.75, 3.05) is 12.8 Å². The van der Waals surface area contributed by atoms with E-state index in [4.69, 9.17) is 10.5 Å². The molecule has 100 valence electrons. The van der Waals surface area contributed by atoms with Gasteiger partial charge in [-0.1, -0.05) is 22.0 Å². The molecule has 0 aliphatic rings. The Kier molecular flexibility index (Phi) is 4.71. The first-order chi connectivity index (χ1) is 9.10. The van der Waals surface area contributed by atoms with Crippen molar-refractivity contribution in [2.45, 2.75) is 10.6 Å². The zero-order valence-electron chi connectivity index (χ0n) is 10.3. The highest BCUT2D eigenvalue weighted by atomic mass is 79.9. The van der Waals surface area contributed by atoms with Gasteiger partial charge in [-0.15, -0.1) is 11.8 Å². The van der Waals surface area contributed by atoms with Gasteiger partial charge in [0.25, 0.3) is 0 Å². The minimum Gasteiger partial charge on any atom is -0.497 e. The van der Waals surface area contributed by atoms with Crippen LogP contribution >= 0.6 is 27.7 Å². The van der Waals surface area contributed by atoms with Crippen LogP contribution in [0.3, 0.4) is 0 Å². The zero-order chi connectivity index (χ0) is 13.8. The quantitative estimate of drug-likeness (QED) is 0.658. The largest absolute Gasteiger partial charge is 0.497 e. The van der Waals surface area contributed by atoms with Gasteiger partial charge in [0.1, 0.15) is 11.6 Å². The van der Waals surface area contributed by atoms with Gasteiger partial charge in [0.2, 0.25) is 0 Å². The molecule has 0 aromatic heterocycles. The van der Waals surface area contributed by atoms with Crippen LogP contribution < -0.4 is 10.5 Å². The Morgan fingerprint density at radius 1 is 1.26 bits per heavy atom. The predicted octanol–water partition coefficient (Wildman–Crippen LogP) is 4.47. The van der Waals surface area contributed by atoms with Crippen molar-refractivity contribution < 1.29 is 9.13 Å². The van der Waals surface area contributed by atoms with E-state index in [1.165, 1.54) is 24.9 Å². The van der Waals surface area contributed by atoms with E-state index in [0.717, 1.165) is 9.37 Å². The van der Waals surface area contributed by atoms with E-state index >= 15 is 0 Å². The first-order valence-electron chi connectivity index (χ1n) is 5.60. The summed E-state index contributed by atoms with van der Waals surface area (Å²) in [4.78, 5) is 0.935. The second kappa shape index (κ2) is 6.30. The Morgan fingerprint density at radius 2 is 2.05 bits per heavy atom. The van der Waals surface area contributed by atoms with Gasteiger partial charge in [0.05, 0.1) is 7.11 Å². The molecule has 2 rings (SSSR count). The highest BCUT2D eigenvalue weighted by Gasteiger charge is 2.07. The van der Waals surface area contributed by atoms with E-state index in [-0.39, 0.29) is 5.82 Å². The van der Waals surface area contributed by atoms with Gasteiger partial charge >= 0.3 is 0 Å². The summed E-state index contributed by atoms with van der Waals surface area (Å²) in [5, 5.41) is 0. The molecule has 0 saturated carbocycles. The number of thioether (sulfide) groups is 1. The van der Waals surface area contributed by atoms with Crippen molar-refractivity contribution in [1.29, 1.82) is 0 Å². The molecule has 0 amide bonds. The van der Waals surface area contributed by atoms with Gasteiger partial charge in [-0.2, -0.15) is 0 Å². The molecule has 0 bridgehead atoms. The molecule has 19 heavy (non-hydrogen) atoms. The molecular weight excluding hydrogens is 329 g/mol. The number of ether oxygens (including phenoxy) is 1. The lowest BCUT2D eigenvalue weighted by atomic mass is 10.2. The minimum absolute atomic E-state index is 0.264. The highest BCUT2D eigenvalue weighted by Crippen LogP contribution is 2.31. The van der Waals surface area contributed by atoms with Crippen molar-refractivity contribution >= 4 is 33.4 Å². The number of hydrogen-bond acceptors (Lipinski definition) is 3. The fraction of sp³-hybridized carbons (Fsp3) is 0.143. The Bertz CT molecular complexity index is 592. The lowest BCUT2D eigenvalue weighted by Crippen LogP contribution is -1.92. The second-order valence-electron chi connectivity index (χ2n) is 3.93. The third-order valence-corrected chi connectivity index (χ3v) is 4.23. The Labute approximate surface area is 124 Å². The van der Waals surface area contributed by atoms with E-state index in [9.17, 15) is 4.39 Å². The highest BCUT2D eigenvalue weighted by molar-refractivity contribution is 9.10. The van der Waals surface area contributed by atoms with Crippen LogP contribution in [0.1, 0.15) is 5.56 Å². The molecule has 5 heteroatoms. The Balaban J connectivity index is 2.12. The smallest absolute Gasteiger partial charge is 0.130 e. The number of nitrogen functional groups attached to an aromatic ring is 1. The van der Waals surface area contributed by atoms with E-state index in [1.54, 1.807) is 12.1 Å². The molecule has 2 aromatic carbocycles. The summed E-state index contributed by atoms with van der Waals surface area (Å²) in [5.74, 6) is 0.782. The van der Waals surface area contributed by atoms with Crippen LogP contribution in [-0.4, -0.2) is 7.11 Å². The van der Waals surface area contributed by atoms with Gasteiger partial charge in [0.15, 0.2) is 0 Å².